The van der Waals surface area contributed by atoms with Crippen molar-refractivity contribution in [2.24, 2.45) is 0 Å². The zero-order valence-electron chi connectivity index (χ0n) is 17.0. The molecule has 2 aliphatic rings. The number of non-ortho nitro benzene ring substituents is 1. The van der Waals surface area contributed by atoms with Gasteiger partial charge < -0.3 is 9.47 Å². The fraction of sp³-hybridized carbons (Fsp3) is 0.429. The summed E-state index contributed by atoms with van der Waals surface area (Å²) in [4.78, 5) is 10.7. The zero-order chi connectivity index (χ0) is 21.5. The number of nitro groups is 1. The average molecular weight is 432 g/mol. The van der Waals surface area contributed by atoms with E-state index in [2.05, 4.69) is 0 Å². The van der Waals surface area contributed by atoms with E-state index in [0.717, 1.165) is 12.0 Å². The molecule has 4 rings (SSSR count). The minimum absolute atomic E-state index is 0.00422. The number of benzene rings is 2. The van der Waals surface area contributed by atoms with Crippen LogP contribution in [0.5, 0.6) is 11.5 Å². The first-order chi connectivity index (χ1) is 14.3. The lowest BCUT2D eigenvalue weighted by atomic mass is 10.0. The van der Waals surface area contributed by atoms with Crippen molar-refractivity contribution >= 4 is 15.7 Å². The van der Waals surface area contributed by atoms with Crippen LogP contribution in [0, 0.1) is 24.0 Å². The van der Waals surface area contributed by atoms with E-state index in [0.29, 0.717) is 55.2 Å². The molecule has 0 aliphatic carbocycles. The number of fused-ring (bicyclic) bond motifs is 1. The molecule has 0 saturated carbocycles. The van der Waals surface area contributed by atoms with Gasteiger partial charge in [-0.1, -0.05) is 6.07 Å². The first-order valence-electron chi connectivity index (χ1n) is 9.96. The first kappa shape index (κ1) is 20.6. The third-order valence-electron chi connectivity index (χ3n) is 5.76. The van der Waals surface area contributed by atoms with Gasteiger partial charge in [-0.05, 0) is 55.5 Å². The molecule has 1 unspecified atom stereocenters. The van der Waals surface area contributed by atoms with Gasteiger partial charge in [0.25, 0.3) is 5.69 Å². The molecule has 1 atom stereocenters. The Kier molecular flexibility index (Phi) is 5.42. The fourth-order valence-corrected chi connectivity index (χ4v) is 6.06. The van der Waals surface area contributed by atoms with Crippen molar-refractivity contribution in [3.63, 3.8) is 0 Å². The van der Waals surface area contributed by atoms with Crippen molar-refractivity contribution in [3.8, 4) is 11.5 Å². The summed E-state index contributed by atoms with van der Waals surface area (Å²) in [5.41, 5.74) is 1.72. The van der Waals surface area contributed by atoms with Crippen molar-refractivity contribution in [3.05, 3.63) is 57.1 Å². The van der Waals surface area contributed by atoms with Crippen LogP contribution < -0.4 is 9.47 Å². The minimum Gasteiger partial charge on any atom is -0.490 e. The molecule has 2 aliphatic heterocycles. The van der Waals surface area contributed by atoms with Crippen LogP contribution in [0.1, 0.15) is 42.0 Å². The minimum atomic E-state index is -3.92. The summed E-state index contributed by atoms with van der Waals surface area (Å²) in [5.74, 6) is 1.28. The number of ether oxygens (including phenoxy) is 2. The Balaban J connectivity index is 1.73. The SMILES string of the molecule is Cc1cc([N+](=O)[O-])cc(S(=O)(=O)N2CCCC2c2ccc3c(c2)OCCCO3)c1C. The summed E-state index contributed by atoms with van der Waals surface area (Å²) in [6.45, 7) is 4.87. The maximum absolute atomic E-state index is 13.6. The molecule has 0 bridgehead atoms. The Hall–Kier alpha value is -2.65. The number of sulfonamides is 1. The lowest BCUT2D eigenvalue weighted by Gasteiger charge is -2.26. The highest BCUT2D eigenvalue weighted by Crippen LogP contribution is 2.41. The van der Waals surface area contributed by atoms with E-state index < -0.39 is 14.9 Å². The van der Waals surface area contributed by atoms with Gasteiger partial charge >= 0.3 is 0 Å². The van der Waals surface area contributed by atoms with E-state index in [-0.39, 0.29) is 16.6 Å². The Labute approximate surface area is 175 Å². The van der Waals surface area contributed by atoms with Crippen LogP contribution in [0.25, 0.3) is 0 Å². The van der Waals surface area contributed by atoms with Crippen LogP contribution in [0.4, 0.5) is 5.69 Å². The summed E-state index contributed by atoms with van der Waals surface area (Å²) in [6.07, 6.45) is 2.18. The molecule has 2 aromatic rings. The molecular weight excluding hydrogens is 408 g/mol. The number of nitro benzene ring substituents is 1. The van der Waals surface area contributed by atoms with E-state index >= 15 is 0 Å². The van der Waals surface area contributed by atoms with Gasteiger partial charge in [0.15, 0.2) is 11.5 Å². The number of rotatable bonds is 4. The maximum Gasteiger partial charge on any atom is 0.271 e. The van der Waals surface area contributed by atoms with E-state index in [9.17, 15) is 18.5 Å². The molecule has 8 nitrogen and oxygen atoms in total. The van der Waals surface area contributed by atoms with Crippen molar-refractivity contribution < 1.29 is 22.8 Å². The molecule has 30 heavy (non-hydrogen) atoms. The van der Waals surface area contributed by atoms with Crippen molar-refractivity contribution in [2.45, 2.75) is 44.0 Å². The van der Waals surface area contributed by atoms with Crippen molar-refractivity contribution in [1.29, 1.82) is 0 Å². The van der Waals surface area contributed by atoms with Gasteiger partial charge in [0.1, 0.15) is 0 Å². The predicted molar refractivity (Wildman–Crippen MR) is 110 cm³/mol. The lowest BCUT2D eigenvalue weighted by molar-refractivity contribution is -0.385. The van der Waals surface area contributed by atoms with Crippen LogP contribution in [-0.4, -0.2) is 37.4 Å². The summed E-state index contributed by atoms with van der Waals surface area (Å²) in [7, 11) is -3.92. The molecule has 0 aromatic heterocycles. The molecule has 0 amide bonds. The van der Waals surface area contributed by atoms with Crippen molar-refractivity contribution in [2.75, 3.05) is 19.8 Å². The quantitative estimate of drug-likeness (QED) is 0.537. The highest BCUT2D eigenvalue weighted by molar-refractivity contribution is 7.89. The number of hydrogen-bond acceptors (Lipinski definition) is 6. The zero-order valence-corrected chi connectivity index (χ0v) is 17.8. The predicted octanol–water partition coefficient (Wildman–Crippen LogP) is 3.90. The molecular formula is C21H24N2O6S. The van der Waals surface area contributed by atoms with Gasteiger partial charge in [0.2, 0.25) is 10.0 Å². The number of nitrogens with zero attached hydrogens (tertiary/aromatic N) is 2. The van der Waals surface area contributed by atoms with E-state index in [1.807, 2.05) is 18.2 Å². The summed E-state index contributed by atoms with van der Waals surface area (Å²) >= 11 is 0. The van der Waals surface area contributed by atoms with Crippen LogP contribution in [0.3, 0.4) is 0 Å². The molecule has 1 fully saturated rings. The average Bonchev–Trinajstić information content (AvgIpc) is 3.09. The molecule has 2 aromatic carbocycles. The lowest BCUT2D eigenvalue weighted by Crippen LogP contribution is -2.31. The van der Waals surface area contributed by atoms with E-state index in [1.54, 1.807) is 13.8 Å². The smallest absolute Gasteiger partial charge is 0.271 e. The summed E-state index contributed by atoms with van der Waals surface area (Å²) in [6, 6.07) is 7.76. The van der Waals surface area contributed by atoms with Crippen LogP contribution in [0.2, 0.25) is 0 Å². The maximum atomic E-state index is 13.6. The highest BCUT2D eigenvalue weighted by atomic mass is 32.2. The third kappa shape index (κ3) is 3.63. The Bertz CT molecular complexity index is 1100. The molecule has 0 spiro atoms. The molecule has 160 valence electrons. The van der Waals surface area contributed by atoms with Gasteiger partial charge in [-0.2, -0.15) is 4.31 Å². The summed E-state index contributed by atoms with van der Waals surface area (Å²) in [5, 5.41) is 11.3. The molecule has 1 saturated heterocycles. The Morgan fingerprint density at radius 3 is 2.53 bits per heavy atom. The standard InChI is InChI=1S/C21H24N2O6S/c1-14-11-17(23(24)25)13-21(15(14)2)30(26,27)22-8-3-5-18(22)16-6-7-19-20(12-16)29-10-4-9-28-19/h6-7,11-13,18H,3-5,8-10H2,1-2H3. The van der Waals surface area contributed by atoms with Gasteiger partial charge in [0.05, 0.1) is 29.1 Å². The monoisotopic (exact) mass is 432 g/mol. The van der Waals surface area contributed by atoms with Crippen LogP contribution in [0.15, 0.2) is 35.2 Å². The second-order valence-electron chi connectivity index (χ2n) is 7.67. The van der Waals surface area contributed by atoms with Crippen molar-refractivity contribution in [1.82, 2.24) is 4.31 Å². The normalized spacial score (nSPS) is 19.5. The molecule has 0 radical (unpaired) electrons. The van der Waals surface area contributed by atoms with E-state index in [1.165, 1.54) is 16.4 Å². The molecule has 9 heteroatoms. The number of aryl methyl sites for hydroxylation is 1. The van der Waals surface area contributed by atoms with Gasteiger partial charge in [-0.25, -0.2) is 8.42 Å². The van der Waals surface area contributed by atoms with Gasteiger partial charge in [-0.3, -0.25) is 10.1 Å². The topological polar surface area (TPSA) is 99.0 Å². The van der Waals surface area contributed by atoms with Crippen LogP contribution >= 0.6 is 0 Å². The van der Waals surface area contributed by atoms with E-state index in [4.69, 9.17) is 9.47 Å². The first-order valence-corrected chi connectivity index (χ1v) is 11.4. The fourth-order valence-electron chi connectivity index (χ4n) is 4.06. The van der Waals surface area contributed by atoms with Crippen LogP contribution in [-0.2, 0) is 10.0 Å². The number of hydrogen-bond donors (Lipinski definition) is 0. The van der Waals surface area contributed by atoms with Gasteiger partial charge in [-0.15, -0.1) is 0 Å². The largest absolute Gasteiger partial charge is 0.490 e. The Morgan fingerprint density at radius 1 is 1.07 bits per heavy atom. The highest BCUT2D eigenvalue weighted by Gasteiger charge is 2.38. The van der Waals surface area contributed by atoms with Gasteiger partial charge in [0, 0.05) is 25.1 Å². The molecule has 2 heterocycles. The summed E-state index contributed by atoms with van der Waals surface area (Å²) < 4.78 is 40.0. The molecule has 0 N–H and O–H groups in total. The second-order valence-corrected chi connectivity index (χ2v) is 9.53. The Morgan fingerprint density at radius 2 is 1.80 bits per heavy atom. The third-order valence-corrected chi connectivity index (χ3v) is 7.80. The second kappa shape index (κ2) is 7.88.